The molecule has 0 aliphatic carbocycles. The topological polar surface area (TPSA) is 68.0 Å². The number of aromatic nitrogens is 2. The van der Waals surface area contributed by atoms with Gasteiger partial charge < -0.3 is 9.84 Å². The molecular formula is C18H14Cl3N3O2. The summed E-state index contributed by atoms with van der Waals surface area (Å²) in [5.74, 6) is 0.541. The lowest BCUT2D eigenvalue weighted by Gasteiger charge is -2.05. The Morgan fingerprint density at radius 3 is 2.65 bits per heavy atom. The van der Waals surface area contributed by atoms with E-state index in [0.717, 1.165) is 5.56 Å². The molecule has 1 amide bonds. The first-order chi connectivity index (χ1) is 12.5. The molecule has 5 nitrogen and oxygen atoms in total. The lowest BCUT2D eigenvalue weighted by Crippen LogP contribution is -2.23. The van der Waals surface area contributed by atoms with Gasteiger partial charge in [0.25, 0.3) is 0 Å². The highest BCUT2D eigenvalue weighted by atomic mass is 35.5. The van der Waals surface area contributed by atoms with Gasteiger partial charge in [-0.05, 0) is 36.2 Å². The number of rotatable bonds is 6. The van der Waals surface area contributed by atoms with E-state index in [1.54, 1.807) is 24.3 Å². The van der Waals surface area contributed by atoms with Crippen molar-refractivity contribution in [3.63, 3.8) is 0 Å². The van der Waals surface area contributed by atoms with Gasteiger partial charge in [-0.2, -0.15) is 4.98 Å². The fraction of sp³-hybridized carbons (Fsp3) is 0.167. The first-order valence-corrected chi connectivity index (χ1v) is 8.94. The van der Waals surface area contributed by atoms with Crippen LogP contribution in [0, 0.1) is 0 Å². The van der Waals surface area contributed by atoms with Crippen LogP contribution in [0.5, 0.6) is 0 Å². The normalized spacial score (nSPS) is 10.7. The minimum Gasteiger partial charge on any atom is -0.347 e. The molecule has 8 heteroatoms. The van der Waals surface area contributed by atoms with Gasteiger partial charge in [0, 0.05) is 22.0 Å². The summed E-state index contributed by atoms with van der Waals surface area (Å²) >= 11 is 18.1. The molecule has 3 rings (SSSR count). The van der Waals surface area contributed by atoms with E-state index in [-0.39, 0.29) is 18.9 Å². The molecule has 0 aliphatic heterocycles. The number of benzene rings is 2. The number of aryl methyl sites for hydroxylation is 1. The van der Waals surface area contributed by atoms with Gasteiger partial charge in [-0.3, -0.25) is 4.79 Å². The average molecular weight is 411 g/mol. The van der Waals surface area contributed by atoms with Gasteiger partial charge in [0.2, 0.25) is 17.6 Å². The van der Waals surface area contributed by atoms with E-state index >= 15 is 0 Å². The SMILES string of the molecule is O=C(CCc1ccc(Cl)cc1Cl)NCc1nc(-c2ccccc2Cl)no1. The Hall–Kier alpha value is -2.08. The zero-order chi connectivity index (χ0) is 18.5. The third-order valence-corrected chi connectivity index (χ3v) is 4.57. The number of nitrogens with one attached hydrogen (secondary N) is 1. The highest BCUT2D eigenvalue weighted by molar-refractivity contribution is 6.35. The van der Waals surface area contributed by atoms with Crippen molar-refractivity contribution in [3.8, 4) is 11.4 Å². The molecule has 134 valence electrons. The Labute approximate surface area is 165 Å². The van der Waals surface area contributed by atoms with Crippen molar-refractivity contribution in [2.45, 2.75) is 19.4 Å². The molecule has 0 bridgehead atoms. The van der Waals surface area contributed by atoms with Gasteiger partial charge in [-0.1, -0.05) is 58.2 Å². The fourth-order valence-electron chi connectivity index (χ4n) is 2.31. The lowest BCUT2D eigenvalue weighted by molar-refractivity contribution is -0.121. The summed E-state index contributed by atoms with van der Waals surface area (Å²) in [5, 5.41) is 8.27. The lowest BCUT2D eigenvalue weighted by atomic mass is 10.1. The van der Waals surface area contributed by atoms with Gasteiger partial charge in [0.1, 0.15) is 0 Å². The van der Waals surface area contributed by atoms with Gasteiger partial charge in [-0.15, -0.1) is 0 Å². The van der Waals surface area contributed by atoms with Crippen molar-refractivity contribution in [3.05, 3.63) is 69.0 Å². The highest BCUT2D eigenvalue weighted by Gasteiger charge is 2.12. The van der Waals surface area contributed by atoms with Gasteiger partial charge in [0.05, 0.1) is 11.6 Å². The maximum atomic E-state index is 12.0. The molecule has 26 heavy (non-hydrogen) atoms. The molecule has 3 aromatic rings. The Morgan fingerprint density at radius 2 is 1.88 bits per heavy atom. The number of nitrogens with zero attached hydrogens (tertiary/aromatic N) is 2. The van der Waals surface area contributed by atoms with Gasteiger partial charge >= 0.3 is 0 Å². The molecule has 0 radical (unpaired) electrons. The molecular weight excluding hydrogens is 397 g/mol. The largest absolute Gasteiger partial charge is 0.347 e. The van der Waals surface area contributed by atoms with Crippen LogP contribution < -0.4 is 5.32 Å². The Balaban J connectivity index is 1.53. The molecule has 0 fully saturated rings. The molecule has 0 aliphatic rings. The van der Waals surface area contributed by atoms with Crippen LogP contribution in [0.15, 0.2) is 47.0 Å². The molecule has 0 saturated carbocycles. The number of halogens is 3. The molecule has 2 aromatic carbocycles. The standard InChI is InChI=1S/C18H14Cl3N3O2/c19-12-7-5-11(15(21)9-12)6-8-16(25)22-10-17-23-18(24-26-17)13-3-1-2-4-14(13)20/h1-5,7,9H,6,8,10H2,(H,22,25). The van der Waals surface area contributed by atoms with Crippen LogP contribution in [-0.2, 0) is 17.8 Å². The molecule has 1 heterocycles. The van der Waals surface area contributed by atoms with Crippen molar-refractivity contribution in [1.29, 1.82) is 0 Å². The summed E-state index contributed by atoms with van der Waals surface area (Å²) in [6, 6.07) is 12.4. The number of amides is 1. The second-order valence-electron chi connectivity index (χ2n) is 5.50. The van der Waals surface area contributed by atoms with Crippen LogP contribution in [0.3, 0.4) is 0 Å². The van der Waals surface area contributed by atoms with Crippen LogP contribution in [0.2, 0.25) is 15.1 Å². The van der Waals surface area contributed by atoms with E-state index in [1.807, 2.05) is 18.2 Å². The molecule has 0 unspecified atom stereocenters. The van der Waals surface area contributed by atoms with E-state index in [2.05, 4.69) is 15.5 Å². The van der Waals surface area contributed by atoms with Crippen LogP contribution in [0.1, 0.15) is 17.9 Å². The number of hydrogen-bond acceptors (Lipinski definition) is 4. The average Bonchev–Trinajstić information content (AvgIpc) is 3.08. The predicted octanol–water partition coefficient (Wildman–Crippen LogP) is 4.95. The van der Waals surface area contributed by atoms with Crippen molar-refractivity contribution in [2.75, 3.05) is 0 Å². The van der Waals surface area contributed by atoms with Crippen molar-refractivity contribution < 1.29 is 9.32 Å². The van der Waals surface area contributed by atoms with Crippen LogP contribution in [0.25, 0.3) is 11.4 Å². The second kappa shape index (κ2) is 8.54. The predicted molar refractivity (Wildman–Crippen MR) is 101 cm³/mol. The monoisotopic (exact) mass is 409 g/mol. The van der Waals surface area contributed by atoms with Crippen molar-refractivity contribution >= 4 is 40.7 Å². The first-order valence-electron chi connectivity index (χ1n) is 7.81. The van der Waals surface area contributed by atoms with E-state index in [4.69, 9.17) is 39.3 Å². The summed E-state index contributed by atoms with van der Waals surface area (Å²) in [4.78, 5) is 16.3. The summed E-state index contributed by atoms with van der Waals surface area (Å²) in [6.45, 7) is 0.143. The van der Waals surface area contributed by atoms with Crippen molar-refractivity contribution in [2.24, 2.45) is 0 Å². The maximum Gasteiger partial charge on any atom is 0.246 e. The molecule has 0 saturated heterocycles. The third kappa shape index (κ3) is 4.75. The highest BCUT2D eigenvalue weighted by Crippen LogP contribution is 2.25. The first kappa shape index (κ1) is 18.7. The zero-order valence-corrected chi connectivity index (χ0v) is 15.8. The number of carbonyl (C=O) groups is 1. The fourth-order valence-corrected chi connectivity index (χ4v) is 3.04. The summed E-state index contributed by atoms with van der Waals surface area (Å²) in [7, 11) is 0. The van der Waals surface area contributed by atoms with E-state index in [1.165, 1.54) is 0 Å². The smallest absolute Gasteiger partial charge is 0.246 e. The minimum atomic E-state index is -0.145. The van der Waals surface area contributed by atoms with E-state index in [9.17, 15) is 4.79 Å². The van der Waals surface area contributed by atoms with Crippen molar-refractivity contribution in [1.82, 2.24) is 15.5 Å². The van der Waals surface area contributed by atoms with Gasteiger partial charge in [-0.25, -0.2) is 0 Å². The minimum absolute atomic E-state index is 0.143. The van der Waals surface area contributed by atoms with Gasteiger partial charge in [0.15, 0.2) is 0 Å². The molecule has 0 atom stereocenters. The van der Waals surface area contributed by atoms with Crippen LogP contribution in [0.4, 0.5) is 0 Å². The summed E-state index contributed by atoms with van der Waals surface area (Å²) in [5.41, 5.74) is 1.54. The Morgan fingerprint density at radius 1 is 1.08 bits per heavy atom. The molecule has 1 aromatic heterocycles. The van der Waals surface area contributed by atoms with E-state index in [0.29, 0.717) is 38.8 Å². The second-order valence-corrected chi connectivity index (χ2v) is 6.75. The number of hydrogen-bond donors (Lipinski definition) is 1. The number of carbonyl (C=O) groups excluding carboxylic acids is 1. The van der Waals surface area contributed by atoms with Crippen LogP contribution >= 0.6 is 34.8 Å². The molecule has 0 spiro atoms. The maximum absolute atomic E-state index is 12.0. The van der Waals surface area contributed by atoms with E-state index < -0.39 is 0 Å². The Kier molecular flexibility index (Phi) is 6.14. The summed E-state index contributed by atoms with van der Waals surface area (Å²) < 4.78 is 5.15. The zero-order valence-electron chi connectivity index (χ0n) is 13.5. The third-order valence-electron chi connectivity index (χ3n) is 3.66. The Bertz CT molecular complexity index is 928. The summed E-state index contributed by atoms with van der Waals surface area (Å²) in [6.07, 6.45) is 0.795. The molecule has 1 N–H and O–H groups in total. The van der Waals surface area contributed by atoms with Crippen LogP contribution in [-0.4, -0.2) is 16.0 Å². The quantitative estimate of drug-likeness (QED) is 0.624.